The van der Waals surface area contributed by atoms with Crippen molar-refractivity contribution in [2.24, 2.45) is 0 Å². The quantitative estimate of drug-likeness (QED) is 0.331. The third-order valence-corrected chi connectivity index (χ3v) is 6.47. The second-order valence-corrected chi connectivity index (χ2v) is 9.46. The summed E-state index contributed by atoms with van der Waals surface area (Å²) >= 11 is 0. The van der Waals surface area contributed by atoms with Crippen molar-refractivity contribution < 1.29 is 40.7 Å². The smallest absolute Gasteiger partial charge is 0.443 e. The van der Waals surface area contributed by atoms with Gasteiger partial charge in [0.25, 0.3) is 0 Å². The molecule has 0 fully saturated rings. The minimum atomic E-state index is -4.81. The van der Waals surface area contributed by atoms with Crippen LogP contribution in [0, 0.1) is 10.1 Å². The molecule has 0 radical (unpaired) electrons. The Hall–Kier alpha value is -3.69. The van der Waals surface area contributed by atoms with Crippen LogP contribution in [0.15, 0.2) is 59.6 Å². The first kappa shape index (κ1) is 25.4. The molecule has 192 valence electrons. The Bertz CT molecular complexity index is 1330. The summed E-state index contributed by atoms with van der Waals surface area (Å²) in [4.78, 5) is 14.0. The summed E-state index contributed by atoms with van der Waals surface area (Å²) in [5, 5.41) is 10.8. The van der Waals surface area contributed by atoms with Gasteiger partial charge in [0.1, 0.15) is 24.7 Å². The number of aromatic nitrogens is 2. The minimum Gasteiger partial charge on any atom is -0.443 e. The second kappa shape index (κ2) is 10.1. The zero-order valence-corrected chi connectivity index (χ0v) is 19.2. The lowest BCUT2D eigenvalue weighted by atomic mass is 10.2. The summed E-state index contributed by atoms with van der Waals surface area (Å²) in [6.07, 6.45) is -3.93. The van der Waals surface area contributed by atoms with Gasteiger partial charge in [-0.2, -0.15) is 0 Å². The van der Waals surface area contributed by atoms with Gasteiger partial charge in [0.2, 0.25) is 10.0 Å². The number of benzene rings is 2. The number of sulfonamides is 1. The van der Waals surface area contributed by atoms with Gasteiger partial charge in [0.05, 0.1) is 18.0 Å². The average molecular weight is 528 g/mol. The van der Waals surface area contributed by atoms with Crippen LogP contribution in [-0.4, -0.2) is 42.0 Å². The second-order valence-electron chi connectivity index (χ2n) is 7.70. The van der Waals surface area contributed by atoms with E-state index in [1.807, 2.05) is 0 Å². The van der Waals surface area contributed by atoms with Crippen LogP contribution in [0.1, 0.15) is 11.1 Å². The number of hydrogen-bond donors (Lipinski definition) is 1. The maximum absolute atomic E-state index is 12.6. The van der Waals surface area contributed by atoms with Gasteiger partial charge < -0.3 is 24.3 Å². The number of alkyl halides is 3. The van der Waals surface area contributed by atoms with E-state index in [1.54, 1.807) is 12.1 Å². The van der Waals surface area contributed by atoms with Crippen LogP contribution < -0.4 is 14.2 Å². The predicted octanol–water partition coefficient (Wildman–Crippen LogP) is 3.15. The lowest BCUT2D eigenvalue weighted by Gasteiger charge is -2.22. The fraction of sp³-hybridized carbons (Fsp3) is 0.286. The van der Waals surface area contributed by atoms with E-state index in [0.29, 0.717) is 17.7 Å². The number of nitrogens with zero attached hydrogens (tertiary/aromatic N) is 3. The molecule has 1 aliphatic heterocycles. The number of imidazole rings is 1. The molecule has 0 aliphatic carbocycles. The number of nitrogens with one attached hydrogen (secondary N) is 1. The summed E-state index contributed by atoms with van der Waals surface area (Å²) in [7, 11) is -3.88. The third-order valence-electron chi connectivity index (χ3n) is 5.06. The number of halogens is 3. The van der Waals surface area contributed by atoms with Gasteiger partial charge in [-0.25, -0.2) is 13.1 Å². The fourth-order valence-corrected chi connectivity index (χ4v) is 4.33. The normalized spacial score (nSPS) is 15.7. The van der Waals surface area contributed by atoms with Crippen molar-refractivity contribution in [2.75, 3.05) is 6.61 Å². The van der Waals surface area contributed by atoms with Crippen LogP contribution in [0.2, 0.25) is 0 Å². The van der Waals surface area contributed by atoms with E-state index in [1.165, 1.54) is 35.0 Å². The number of ether oxygens (including phenoxy) is 3. The van der Waals surface area contributed by atoms with Gasteiger partial charge >= 0.3 is 18.2 Å². The summed E-state index contributed by atoms with van der Waals surface area (Å²) in [6, 6.07) is 10.9. The molecule has 0 spiro atoms. The molecule has 1 aromatic heterocycles. The predicted molar refractivity (Wildman–Crippen MR) is 117 cm³/mol. The van der Waals surface area contributed by atoms with Crippen LogP contribution in [0.4, 0.5) is 19.0 Å². The molecule has 0 saturated heterocycles. The molecular formula is C21H19F3N4O7S. The molecule has 11 nitrogen and oxygen atoms in total. The minimum absolute atomic E-state index is 0.000332. The highest BCUT2D eigenvalue weighted by molar-refractivity contribution is 7.89. The van der Waals surface area contributed by atoms with Crippen LogP contribution in [0.25, 0.3) is 0 Å². The van der Waals surface area contributed by atoms with Crippen LogP contribution >= 0.6 is 0 Å². The van der Waals surface area contributed by atoms with E-state index < -0.39 is 27.1 Å². The number of nitro groups is 1. The maximum Gasteiger partial charge on any atom is 0.573 e. The molecule has 0 saturated carbocycles. The zero-order chi connectivity index (χ0) is 25.9. The highest BCUT2D eigenvalue weighted by Crippen LogP contribution is 2.24. The Kier molecular flexibility index (Phi) is 7.14. The molecule has 15 heteroatoms. The van der Waals surface area contributed by atoms with Crippen molar-refractivity contribution in [3.05, 3.63) is 76.0 Å². The van der Waals surface area contributed by atoms with Gasteiger partial charge in [0, 0.05) is 11.5 Å². The third kappa shape index (κ3) is 6.50. The van der Waals surface area contributed by atoms with E-state index in [-0.39, 0.29) is 42.6 Å². The molecule has 0 bridgehead atoms. The number of rotatable bonds is 9. The van der Waals surface area contributed by atoms with Crippen molar-refractivity contribution >= 4 is 15.8 Å². The highest BCUT2D eigenvalue weighted by atomic mass is 32.2. The Morgan fingerprint density at radius 1 is 1.14 bits per heavy atom. The lowest BCUT2D eigenvalue weighted by molar-refractivity contribution is -0.389. The van der Waals surface area contributed by atoms with Gasteiger partial charge in [0.15, 0.2) is 0 Å². The Balaban J connectivity index is 1.28. The first-order valence-electron chi connectivity index (χ1n) is 10.4. The molecule has 4 rings (SSSR count). The number of hydrogen-bond acceptors (Lipinski definition) is 8. The van der Waals surface area contributed by atoms with Crippen LogP contribution in [0.3, 0.4) is 0 Å². The molecular weight excluding hydrogens is 509 g/mol. The first-order valence-corrected chi connectivity index (χ1v) is 11.9. The summed E-state index contributed by atoms with van der Waals surface area (Å²) in [6.45, 7) is 0.500. The Morgan fingerprint density at radius 3 is 2.44 bits per heavy atom. The molecule has 3 aromatic rings. The summed E-state index contributed by atoms with van der Waals surface area (Å²) in [5.74, 6) is -0.720. The molecule has 2 heterocycles. The van der Waals surface area contributed by atoms with Crippen molar-refractivity contribution in [3.63, 3.8) is 0 Å². The van der Waals surface area contributed by atoms with Gasteiger partial charge in [-0.3, -0.25) is 4.57 Å². The summed E-state index contributed by atoms with van der Waals surface area (Å²) < 4.78 is 80.6. The van der Waals surface area contributed by atoms with Crippen LogP contribution in [-0.2, 0) is 34.5 Å². The van der Waals surface area contributed by atoms with E-state index in [2.05, 4.69) is 14.4 Å². The van der Waals surface area contributed by atoms with E-state index in [0.717, 1.165) is 12.1 Å². The van der Waals surface area contributed by atoms with Crippen molar-refractivity contribution in [1.29, 1.82) is 0 Å². The van der Waals surface area contributed by atoms with Crippen molar-refractivity contribution in [3.8, 4) is 11.8 Å². The molecule has 36 heavy (non-hydrogen) atoms. The number of fused-ring (bicyclic) bond motifs is 1. The summed E-state index contributed by atoms with van der Waals surface area (Å²) in [5.41, 5.74) is 1.14. The lowest BCUT2D eigenvalue weighted by Crippen LogP contribution is -2.32. The van der Waals surface area contributed by atoms with E-state index >= 15 is 0 Å². The highest BCUT2D eigenvalue weighted by Gasteiger charge is 2.31. The monoisotopic (exact) mass is 528 g/mol. The standard InChI is InChI=1S/C21H19F3N4O7S/c22-21(23,24)35-16-5-1-14(2-6-16)9-25-36(31,32)18-7-3-15(4-8-18)12-33-17-10-27-11-19(28(29)30)26-20(27)34-13-17/h1-8,11,17,25H,9-10,12-13H2/t17-/m0/s1. The Morgan fingerprint density at radius 2 is 1.81 bits per heavy atom. The topological polar surface area (TPSA) is 135 Å². The molecule has 2 aromatic carbocycles. The molecule has 1 N–H and O–H groups in total. The largest absolute Gasteiger partial charge is 0.573 e. The molecule has 1 atom stereocenters. The van der Waals surface area contributed by atoms with Gasteiger partial charge in [-0.1, -0.05) is 24.3 Å². The van der Waals surface area contributed by atoms with E-state index in [9.17, 15) is 31.7 Å². The Labute approximate surface area is 202 Å². The van der Waals surface area contributed by atoms with Gasteiger partial charge in [-0.15, -0.1) is 13.2 Å². The molecule has 0 amide bonds. The van der Waals surface area contributed by atoms with Crippen molar-refractivity contribution in [2.45, 2.75) is 37.1 Å². The van der Waals surface area contributed by atoms with Crippen LogP contribution in [0.5, 0.6) is 11.8 Å². The maximum atomic E-state index is 12.6. The first-order chi connectivity index (χ1) is 17.0. The SMILES string of the molecule is O=[N+]([O-])c1cn2c(n1)OC[C@@H](OCc1ccc(S(=O)(=O)NCc3ccc(OC(F)(F)F)cc3)cc1)C2. The van der Waals surface area contributed by atoms with E-state index in [4.69, 9.17) is 9.47 Å². The van der Waals surface area contributed by atoms with Crippen molar-refractivity contribution in [1.82, 2.24) is 14.3 Å². The molecule has 0 unspecified atom stereocenters. The average Bonchev–Trinajstić information content (AvgIpc) is 3.26. The van der Waals surface area contributed by atoms with Gasteiger partial charge in [-0.05, 0) is 40.3 Å². The fourth-order valence-electron chi connectivity index (χ4n) is 3.31. The molecule has 1 aliphatic rings. The zero-order valence-electron chi connectivity index (χ0n) is 18.3.